The Morgan fingerprint density at radius 2 is 1.53 bits per heavy atom. The van der Waals surface area contributed by atoms with Crippen LogP contribution >= 0.6 is 11.8 Å². The zero-order chi connectivity index (χ0) is 13.1. The Kier molecular flexibility index (Phi) is 3.79. The van der Waals surface area contributed by atoms with Crippen molar-refractivity contribution in [3.63, 3.8) is 0 Å². The first kappa shape index (κ1) is 12.6. The van der Waals surface area contributed by atoms with Gasteiger partial charge in [0.15, 0.2) is 0 Å². The maximum atomic E-state index is 3.15. The summed E-state index contributed by atoms with van der Waals surface area (Å²) < 4.78 is 0. The molecule has 1 nitrogen and oxygen atoms in total. The van der Waals surface area contributed by atoms with Crippen LogP contribution in [0.1, 0.15) is 24.0 Å². The van der Waals surface area contributed by atoms with Crippen molar-refractivity contribution < 1.29 is 0 Å². The number of hydrogen-bond acceptors (Lipinski definition) is 2. The van der Waals surface area contributed by atoms with Crippen molar-refractivity contribution in [1.82, 2.24) is 0 Å². The van der Waals surface area contributed by atoms with E-state index in [1.807, 2.05) is 18.8 Å². The summed E-state index contributed by atoms with van der Waals surface area (Å²) in [7, 11) is 1.95. The van der Waals surface area contributed by atoms with Crippen LogP contribution in [0, 0.1) is 0 Å². The molecule has 0 spiro atoms. The van der Waals surface area contributed by atoms with Crippen LogP contribution < -0.4 is 5.32 Å². The SMILES string of the molecule is CNc1ccc(Sc2ccc3c(c2)CCCC3)cc1. The van der Waals surface area contributed by atoms with Crippen molar-refractivity contribution in [1.29, 1.82) is 0 Å². The van der Waals surface area contributed by atoms with Crippen LogP contribution in [-0.2, 0) is 12.8 Å². The topological polar surface area (TPSA) is 12.0 Å². The molecule has 1 aliphatic rings. The number of fused-ring (bicyclic) bond motifs is 1. The lowest BCUT2D eigenvalue weighted by Gasteiger charge is -2.16. The summed E-state index contributed by atoms with van der Waals surface area (Å²) in [6.07, 6.45) is 5.21. The van der Waals surface area contributed by atoms with E-state index in [4.69, 9.17) is 0 Å². The number of aryl methyl sites for hydroxylation is 2. The fourth-order valence-electron chi connectivity index (χ4n) is 2.60. The summed E-state index contributed by atoms with van der Waals surface area (Å²) in [5.74, 6) is 0. The van der Waals surface area contributed by atoms with E-state index in [-0.39, 0.29) is 0 Å². The van der Waals surface area contributed by atoms with E-state index < -0.39 is 0 Å². The molecule has 2 aromatic rings. The Bertz CT molecular complexity index is 560. The van der Waals surface area contributed by atoms with Gasteiger partial charge in [-0.2, -0.15) is 0 Å². The van der Waals surface area contributed by atoms with Crippen molar-refractivity contribution in [3.8, 4) is 0 Å². The number of hydrogen-bond donors (Lipinski definition) is 1. The normalized spacial score (nSPS) is 13.9. The average Bonchev–Trinajstić information content (AvgIpc) is 2.48. The van der Waals surface area contributed by atoms with Gasteiger partial charge < -0.3 is 5.32 Å². The van der Waals surface area contributed by atoms with E-state index in [0.717, 1.165) is 5.69 Å². The highest BCUT2D eigenvalue weighted by Crippen LogP contribution is 2.32. The van der Waals surface area contributed by atoms with Gasteiger partial charge in [-0.05, 0) is 73.2 Å². The van der Waals surface area contributed by atoms with Gasteiger partial charge in [-0.3, -0.25) is 0 Å². The zero-order valence-electron chi connectivity index (χ0n) is 11.3. The maximum absolute atomic E-state index is 3.15. The van der Waals surface area contributed by atoms with Crippen molar-refractivity contribution in [2.24, 2.45) is 0 Å². The predicted octanol–water partition coefficient (Wildman–Crippen LogP) is 4.76. The highest BCUT2D eigenvalue weighted by Gasteiger charge is 2.09. The third-order valence-corrected chi connectivity index (χ3v) is 4.70. The molecule has 0 aromatic heterocycles. The molecule has 1 aliphatic carbocycles. The first-order chi connectivity index (χ1) is 9.35. The molecule has 0 aliphatic heterocycles. The highest BCUT2D eigenvalue weighted by atomic mass is 32.2. The zero-order valence-corrected chi connectivity index (χ0v) is 12.1. The third-order valence-electron chi connectivity index (χ3n) is 3.70. The summed E-state index contributed by atoms with van der Waals surface area (Å²) in [6, 6.07) is 15.6. The Morgan fingerprint density at radius 3 is 2.26 bits per heavy atom. The monoisotopic (exact) mass is 269 g/mol. The first-order valence-electron chi connectivity index (χ1n) is 6.92. The molecular weight excluding hydrogens is 250 g/mol. The largest absolute Gasteiger partial charge is 0.388 e. The van der Waals surface area contributed by atoms with E-state index in [9.17, 15) is 0 Å². The maximum Gasteiger partial charge on any atom is 0.0338 e. The number of nitrogens with one attached hydrogen (secondary N) is 1. The van der Waals surface area contributed by atoms with E-state index in [2.05, 4.69) is 47.8 Å². The third kappa shape index (κ3) is 2.95. The molecule has 0 radical (unpaired) electrons. The van der Waals surface area contributed by atoms with Crippen LogP contribution in [0.5, 0.6) is 0 Å². The van der Waals surface area contributed by atoms with Gasteiger partial charge in [0.25, 0.3) is 0 Å². The summed E-state index contributed by atoms with van der Waals surface area (Å²) >= 11 is 1.85. The van der Waals surface area contributed by atoms with Gasteiger partial charge in [0, 0.05) is 22.5 Å². The first-order valence-corrected chi connectivity index (χ1v) is 7.74. The van der Waals surface area contributed by atoms with E-state index in [1.54, 1.807) is 11.1 Å². The molecule has 0 saturated carbocycles. The molecule has 0 fully saturated rings. The minimum absolute atomic E-state index is 1.16. The van der Waals surface area contributed by atoms with Gasteiger partial charge in [0.1, 0.15) is 0 Å². The van der Waals surface area contributed by atoms with Gasteiger partial charge in [0.05, 0.1) is 0 Å². The van der Waals surface area contributed by atoms with Gasteiger partial charge >= 0.3 is 0 Å². The van der Waals surface area contributed by atoms with Crippen LogP contribution in [0.25, 0.3) is 0 Å². The Labute approximate surface area is 119 Å². The van der Waals surface area contributed by atoms with Gasteiger partial charge in [0.2, 0.25) is 0 Å². The van der Waals surface area contributed by atoms with Crippen LogP contribution in [0.3, 0.4) is 0 Å². The van der Waals surface area contributed by atoms with Gasteiger partial charge in [-0.15, -0.1) is 0 Å². The van der Waals surface area contributed by atoms with E-state index in [1.165, 1.54) is 35.5 Å². The number of anilines is 1. The molecule has 0 atom stereocenters. The van der Waals surface area contributed by atoms with Crippen LogP contribution in [0.4, 0.5) is 5.69 Å². The average molecular weight is 269 g/mol. The quantitative estimate of drug-likeness (QED) is 0.862. The minimum Gasteiger partial charge on any atom is -0.388 e. The van der Waals surface area contributed by atoms with Crippen LogP contribution in [0.15, 0.2) is 52.3 Å². The standard InChI is InChI=1S/C17H19NS/c1-18-15-7-10-16(11-8-15)19-17-9-6-13-4-2-3-5-14(13)12-17/h6-12,18H,2-5H2,1H3. The molecule has 2 heteroatoms. The summed E-state index contributed by atoms with van der Waals surface area (Å²) in [6.45, 7) is 0. The van der Waals surface area contributed by atoms with Crippen molar-refractivity contribution in [3.05, 3.63) is 53.6 Å². The van der Waals surface area contributed by atoms with Crippen molar-refractivity contribution in [2.45, 2.75) is 35.5 Å². The molecule has 0 heterocycles. The summed E-state index contributed by atoms with van der Waals surface area (Å²) in [4.78, 5) is 2.66. The Hall–Kier alpha value is -1.41. The minimum atomic E-state index is 1.16. The molecule has 3 rings (SSSR count). The van der Waals surface area contributed by atoms with Crippen molar-refractivity contribution in [2.75, 3.05) is 12.4 Å². The molecule has 0 saturated heterocycles. The Morgan fingerprint density at radius 1 is 0.842 bits per heavy atom. The molecular formula is C17H19NS. The lowest BCUT2D eigenvalue weighted by molar-refractivity contribution is 0.683. The van der Waals surface area contributed by atoms with Crippen molar-refractivity contribution >= 4 is 17.4 Å². The lowest BCUT2D eigenvalue weighted by atomic mass is 9.92. The fourth-order valence-corrected chi connectivity index (χ4v) is 3.48. The molecule has 19 heavy (non-hydrogen) atoms. The molecule has 2 aromatic carbocycles. The number of rotatable bonds is 3. The fraction of sp³-hybridized carbons (Fsp3) is 0.294. The second-order valence-corrected chi connectivity index (χ2v) is 6.16. The molecule has 98 valence electrons. The van der Waals surface area contributed by atoms with E-state index >= 15 is 0 Å². The summed E-state index contributed by atoms with van der Waals surface area (Å²) in [5.41, 5.74) is 4.28. The van der Waals surface area contributed by atoms with Crippen LogP contribution in [0.2, 0.25) is 0 Å². The van der Waals surface area contributed by atoms with Gasteiger partial charge in [-0.1, -0.05) is 17.8 Å². The smallest absolute Gasteiger partial charge is 0.0338 e. The summed E-state index contributed by atoms with van der Waals surface area (Å²) in [5, 5.41) is 3.15. The Balaban J connectivity index is 1.78. The molecule has 0 amide bonds. The molecule has 0 bridgehead atoms. The van der Waals surface area contributed by atoms with Crippen LogP contribution in [-0.4, -0.2) is 7.05 Å². The second-order valence-electron chi connectivity index (χ2n) is 5.01. The molecule has 1 N–H and O–H groups in total. The lowest BCUT2D eigenvalue weighted by Crippen LogP contribution is -2.01. The van der Waals surface area contributed by atoms with Gasteiger partial charge in [-0.25, -0.2) is 0 Å². The number of benzene rings is 2. The van der Waals surface area contributed by atoms with E-state index in [0.29, 0.717) is 0 Å². The predicted molar refractivity (Wildman–Crippen MR) is 83.2 cm³/mol. The second kappa shape index (κ2) is 5.70. The molecule has 0 unspecified atom stereocenters. The highest BCUT2D eigenvalue weighted by molar-refractivity contribution is 7.99.